The van der Waals surface area contributed by atoms with Crippen LogP contribution in [0.15, 0.2) is 47.3 Å². The number of H-pyrrole nitrogens is 1. The van der Waals surface area contributed by atoms with Crippen molar-refractivity contribution in [2.45, 2.75) is 19.5 Å². The molecule has 2 aromatic carbocycles. The smallest absolute Gasteiger partial charge is 0.337 e. The first-order valence-electron chi connectivity index (χ1n) is 9.17. The number of amides is 1. The number of nitrogens with zero attached hydrogens (tertiary/aromatic N) is 1. The van der Waals surface area contributed by atoms with Crippen LogP contribution in [0, 0.1) is 4.77 Å². The fourth-order valence-corrected chi connectivity index (χ4v) is 3.27. The average Bonchev–Trinajstić information content (AvgIpc) is 2.76. The Bertz CT molecular complexity index is 1220. The minimum Gasteiger partial charge on any atom is -0.497 e. The van der Waals surface area contributed by atoms with Gasteiger partial charge in [0.1, 0.15) is 5.75 Å². The molecule has 1 aromatic heterocycles. The fraction of sp³-hybridized carbons (Fsp3) is 0.238. The zero-order valence-corrected chi connectivity index (χ0v) is 17.4. The van der Waals surface area contributed by atoms with Gasteiger partial charge in [-0.15, -0.1) is 0 Å². The molecule has 2 N–H and O–H groups in total. The molecule has 3 rings (SSSR count). The van der Waals surface area contributed by atoms with Crippen molar-refractivity contribution < 1.29 is 19.1 Å². The van der Waals surface area contributed by atoms with Crippen molar-refractivity contribution in [2.24, 2.45) is 0 Å². The Labute approximate surface area is 177 Å². The van der Waals surface area contributed by atoms with Crippen molar-refractivity contribution >= 4 is 35.0 Å². The van der Waals surface area contributed by atoms with Gasteiger partial charge in [-0.05, 0) is 48.1 Å². The zero-order valence-electron chi connectivity index (χ0n) is 16.6. The second kappa shape index (κ2) is 9.36. The SMILES string of the molecule is COC(=O)c1ccc2c(=O)n(CCC(=O)NCc3cccc(OC)c3)c(=S)[nH]c2c1. The number of esters is 1. The van der Waals surface area contributed by atoms with Gasteiger partial charge in [0.15, 0.2) is 4.77 Å². The summed E-state index contributed by atoms with van der Waals surface area (Å²) in [5, 5.41) is 3.19. The molecule has 0 aliphatic heterocycles. The molecule has 0 fully saturated rings. The number of carbonyl (C=O) groups is 2. The van der Waals surface area contributed by atoms with Gasteiger partial charge in [0, 0.05) is 19.5 Å². The van der Waals surface area contributed by atoms with Crippen molar-refractivity contribution in [1.29, 1.82) is 0 Å². The molecule has 0 saturated heterocycles. The summed E-state index contributed by atoms with van der Waals surface area (Å²) in [6.07, 6.45) is 0.0904. The standard InChI is InChI=1S/C21H21N3O5S/c1-28-15-5-3-4-13(10-15)12-22-18(25)8-9-24-19(26)16-7-6-14(20(27)29-2)11-17(16)23-21(24)30/h3-7,10-11H,8-9,12H2,1-2H3,(H,22,25)(H,23,30). The molecular weight excluding hydrogens is 406 g/mol. The van der Waals surface area contributed by atoms with Crippen molar-refractivity contribution in [3.05, 3.63) is 68.7 Å². The summed E-state index contributed by atoms with van der Waals surface area (Å²) in [5.74, 6) is -0.000493. The Morgan fingerprint density at radius 1 is 1.17 bits per heavy atom. The summed E-state index contributed by atoms with van der Waals surface area (Å²) in [5.41, 5.74) is 1.33. The lowest BCUT2D eigenvalue weighted by atomic mass is 10.1. The first-order chi connectivity index (χ1) is 14.4. The van der Waals surface area contributed by atoms with E-state index in [1.54, 1.807) is 7.11 Å². The number of hydrogen-bond donors (Lipinski definition) is 2. The maximum absolute atomic E-state index is 12.8. The van der Waals surface area contributed by atoms with Gasteiger partial charge in [-0.2, -0.15) is 0 Å². The van der Waals surface area contributed by atoms with E-state index in [-0.39, 0.29) is 29.2 Å². The zero-order chi connectivity index (χ0) is 21.7. The van der Waals surface area contributed by atoms with Crippen LogP contribution in [0.1, 0.15) is 22.3 Å². The van der Waals surface area contributed by atoms with Gasteiger partial charge in [0.25, 0.3) is 5.56 Å². The number of aromatic amines is 1. The monoisotopic (exact) mass is 427 g/mol. The largest absolute Gasteiger partial charge is 0.497 e. The number of fused-ring (bicyclic) bond motifs is 1. The minimum absolute atomic E-state index is 0.0904. The summed E-state index contributed by atoms with van der Waals surface area (Å²) < 4.78 is 11.4. The highest BCUT2D eigenvalue weighted by molar-refractivity contribution is 7.71. The maximum Gasteiger partial charge on any atom is 0.337 e. The Hall–Kier alpha value is -3.46. The quantitative estimate of drug-likeness (QED) is 0.444. The van der Waals surface area contributed by atoms with Crippen LogP contribution < -0.4 is 15.6 Å². The van der Waals surface area contributed by atoms with Gasteiger partial charge >= 0.3 is 5.97 Å². The summed E-state index contributed by atoms with van der Waals surface area (Å²) in [6.45, 7) is 0.485. The van der Waals surface area contributed by atoms with E-state index in [1.165, 1.54) is 29.9 Å². The molecule has 0 aliphatic rings. The lowest BCUT2D eigenvalue weighted by Gasteiger charge is -2.10. The molecule has 0 aliphatic carbocycles. The predicted molar refractivity (Wildman–Crippen MR) is 114 cm³/mol. The lowest BCUT2D eigenvalue weighted by Crippen LogP contribution is -2.28. The van der Waals surface area contributed by atoms with Crippen LogP contribution in [0.4, 0.5) is 0 Å². The lowest BCUT2D eigenvalue weighted by molar-refractivity contribution is -0.121. The van der Waals surface area contributed by atoms with Crippen LogP contribution in [0.5, 0.6) is 5.75 Å². The molecule has 156 valence electrons. The Balaban J connectivity index is 1.70. The summed E-state index contributed by atoms with van der Waals surface area (Å²) in [7, 11) is 2.87. The van der Waals surface area contributed by atoms with Crippen molar-refractivity contribution in [2.75, 3.05) is 14.2 Å². The molecule has 30 heavy (non-hydrogen) atoms. The van der Waals surface area contributed by atoms with E-state index in [2.05, 4.69) is 15.0 Å². The van der Waals surface area contributed by atoms with Gasteiger partial charge in [0.05, 0.1) is 30.7 Å². The first-order valence-corrected chi connectivity index (χ1v) is 9.58. The molecule has 0 radical (unpaired) electrons. The third kappa shape index (κ3) is 4.74. The van der Waals surface area contributed by atoms with Crippen LogP contribution in [0.3, 0.4) is 0 Å². The van der Waals surface area contributed by atoms with Crippen LogP contribution in [0.25, 0.3) is 10.9 Å². The highest BCUT2D eigenvalue weighted by Crippen LogP contribution is 2.13. The highest BCUT2D eigenvalue weighted by atomic mass is 32.1. The van der Waals surface area contributed by atoms with Gasteiger partial charge in [-0.25, -0.2) is 4.79 Å². The number of hydrogen-bond acceptors (Lipinski definition) is 6. The van der Waals surface area contributed by atoms with Gasteiger partial charge in [0.2, 0.25) is 5.91 Å². The molecule has 1 amide bonds. The molecule has 0 spiro atoms. The van der Waals surface area contributed by atoms with E-state index in [9.17, 15) is 14.4 Å². The Morgan fingerprint density at radius 2 is 1.97 bits per heavy atom. The molecule has 0 atom stereocenters. The number of nitrogens with one attached hydrogen (secondary N) is 2. The summed E-state index contributed by atoms with van der Waals surface area (Å²) in [4.78, 5) is 39.6. The minimum atomic E-state index is -0.506. The predicted octanol–water partition coefficient (Wildman–Crippen LogP) is 2.56. The normalized spacial score (nSPS) is 10.6. The van der Waals surface area contributed by atoms with Crippen molar-refractivity contribution in [1.82, 2.24) is 14.9 Å². The van der Waals surface area contributed by atoms with E-state index >= 15 is 0 Å². The molecule has 0 unspecified atom stereocenters. The summed E-state index contributed by atoms with van der Waals surface area (Å²) >= 11 is 5.27. The van der Waals surface area contributed by atoms with Gasteiger partial charge in [-0.1, -0.05) is 12.1 Å². The van der Waals surface area contributed by atoms with E-state index in [0.29, 0.717) is 28.8 Å². The maximum atomic E-state index is 12.8. The van der Waals surface area contributed by atoms with Gasteiger partial charge < -0.3 is 19.8 Å². The summed E-state index contributed by atoms with van der Waals surface area (Å²) in [6, 6.07) is 12.0. The highest BCUT2D eigenvalue weighted by Gasteiger charge is 2.11. The number of methoxy groups -OCH3 is 2. The molecule has 9 heteroatoms. The average molecular weight is 427 g/mol. The topological polar surface area (TPSA) is 102 Å². The second-order valence-electron chi connectivity index (χ2n) is 6.52. The van der Waals surface area contributed by atoms with E-state index < -0.39 is 5.97 Å². The number of aromatic nitrogens is 2. The molecule has 0 bridgehead atoms. The van der Waals surface area contributed by atoms with Crippen LogP contribution in [-0.4, -0.2) is 35.6 Å². The number of benzene rings is 2. The molecule has 3 aromatic rings. The Morgan fingerprint density at radius 3 is 2.70 bits per heavy atom. The van der Waals surface area contributed by atoms with E-state index in [0.717, 1.165) is 5.56 Å². The Kier molecular flexibility index (Phi) is 6.63. The number of rotatable bonds is 7. The molecule has 1 heterocycles. The van der Waals surface area contributed by atoms with Crippen LogP contribution in [-0.2, 0) is 22.6 Å². The third-order valence-corrected chi connectivity index (χ3v) is 4.91. The number of ether oxygens (including phenoxy) is 2. The molecule has 0 saturated carbocycles. The van der Waals surface area contributed by atoms with Gasteiger partial charge in [-0.3, -0.25) is 14.2 Å². The van der Waals surface area contributed by atoms with Crippen molar-refractivity contribution in [3.63, 3.8) is 0 Å². The van der Waals surface area contributed by atoms with Crippen LogP contribution in [0.2, 0.25) is 0 Å². The number of carbonyl (C=O) groups excluding carboxylic acids is 2. The fourth-order valence-electron chi connectivity index (χ4n) is 2.99. The molecule has 8 nitrogen and oxygen atoms in total. The molecular formula is C21H21N3O5S. The van der Waals surface area contributed by atoms with Crippen molar-refractivity contribution in [3.8, 4) is 5.75 Å². The van der Waals surface area contributed by atoms with E-state index in [1.807, 2.05) is 24.3 Å². The second-order valence-corrected chi connectivity index (χ2v) is 6.90. The van der Waals surface area contributed by atoms with Crippen LogP contribution >= 0.6 is 12.2 Å². The first kappa shape index (κ1) is 21.3. The van der Waals surface area contributed by atoms with E-state index in [4.69, 9.17) is 17.0 Å². The third-order valence-electron chi connectivity index (χ3n) is 4.59.